The van der Waals surface area contributed by atoms with Crippen molar-refractivity contribution in [2.75, 3.05) is 0 Å². The van der Waals surface area contributed by atoms with Crippen LogP contribution in [0.3, 0.4) is 0 Å². The number of aromatic carboxylic acids is 1. The predicted molar refractivity (Wildman–Crippen MR) is 95.3 cm³/mol. The molecule has 0 unspecified atom stereocenters. The van der Waals surface area contributed by atoms with Gasteiger partial charge in [-0.15, -0.1) is 0 Å². The third-order valence-corrected chi connectivity index (χ3v) is 3.94. The minimum Gasteiger partial charge on any atom is -0.507 e. The Morgan fingerprint density at radius 1 is 1.00 bits per heavy atom. The van der Waals surface area contributed by atoms with Crippen LogP contribution in [0.5, 0.6) is 5.75 Å². The lowest BCUT2D eigenvalue weighted by molar-refractivity contribution is 0.0696. The molecule has 7 nitrogen and oxygen atoms in total. The minimum absolute atomic E-state index is 0.0350. The van der Waals surface area contributed by atoms with Crippen molar-refractivity contribution in [2.24, 2.45) is 0 Å². The van der Waals surface area contributed by atoms with Crippen LogP contribution in [-0.2, 0) is 0 Å². The number of carbonyl (C=O) groups is 2. The lowest BCUT2D eigenvalue weighted by Crippen LogP contribution is -2.22. The van der Waals surface area contributed by atoms with E-state index in [1.165, 1.54) is 48.7 Å². The molecule has 0 saturated heterocycles. The molecule has 0 atom stereocenters. The van der Waals surface area contributed by atoms with Crippen molar-refractivity contribution in [2.45, 2.75) is 0 Å². The number of para-hydroxylation sites is 1. The SMILES string of the molecule is N#Cc1cc(C(=O)c2ccccc2O)cn(-c2ccc(C(=O)O)cc2)c1=O. The number of carboxylic acid groups (broad SMARTS) is 1. The molecule has 7 heteroatoms. The summed E-state index contributed by atoms with van der Waals surface area (Å²) in [6.07, 6.45) is 1.26. The molecule has 0 bridgehead atoms. The maximum absolute atomic E-state index is 12.7. The zero-order valence-corrected chi connectivity index (χ0v) is 13.8. The Labute approximate surface area is 153 Å². The highest BCUT2D eigenvalue weighted by atomic mass is 16.4. The summed E-state index contributed by atoms with van der Waals surface area (Å²) in [7, 11) is 0. The first kappa shape index (κ1) is 17.6. The number of phenolic OH excluding ortho intramolecular Hbond substituents is 1. The van der Waals surface area contributed by atoms with Gasteiger partial charge >= 0.3 is 5.97 Å². The normalized spacial score (nSPS) is 10.2. The molecule has 0 saturated carbocycles. The molecule has 0 fully saturated rings. The van der Waals surface area contributed by atoms with Crippen molar-refractivity contribution in [3.05, 3.63) is 93.4 Å². The molecule has 1 aromatic heterocycles. The van der Waals surface area contributed by atoms with Gasteiger partial charge in [0.1, 0.15) is 17.4 Å². The summed E-state index contributed by atoms with van der Waals surface area (Å²) in [4.78, 5) is 36.1. The number of aromatic nitrogens is 1. The van der Waals surface area contributed by atoms with E-state index < -0.39 is 17.3 Å². The first-order valence-electron chi connectivity index (χ1n) is 7.75. The van der Waals surface area contributed by atoms with Crippen LogP contribution in [0.25, 0.3) is 5.69 Å². The van der Waals surface area contributed by atoms with Gasteiger partial charge in [0.25, 0.3) is 5.56 Å². The lowest BCUT2D eigenvalue weighted by atomic mass is 10.0. The lowest BCUT2D eigenvalue weighted by Gasteiger charge is -2.10. The third kappa shape index (κ3) is 3.32. The van der Waals surface area contributed by atoms with E-state index in [2.05, 4.69) is 0 Å². The van der Waals surface area contributed by atoms with Gasteiger partial charge in [-0.05, 0) is 42.5 Å². The van der Waals surface area contributed by atoms with Gasteiger partial charge in [-0.25, -0.2) is 4.79 Å². The second-order valence-corrected chi connectivity index (χ2v) is 5.63. The number of nitrogens with zero attached hydrogens (tertiary/aromatic N) is 2. The molecule has 2 N–H and O–H groups in total. The van der Waals surface area contributed by atoms with E-state index in [4.69, 9.17) is 5.11 Å². The summed E-state index contributed by atoms with van der Waals surface area (Å²) in [5, 5.41) is 28.1. The van der Waals surface area contributed by atoms with Crippen LogP contribution < -0.4 is 5.56 Å². The van der Waals surface area contributed by atoms with Crippen molar-refractivity contribution in [1.82, 2.24) is 4.57 Å². The molecule has 0 amide bonds. The topological polar surface area (TPSA) is 120 Å². The molecule has 0 aliphatic rings. The molecule has 0 aliphatic carbocycles. The molecule has 0 radical (unpaired) electrons. The monoisotopic (exact) mass is 360 g/mol. The Kier molecular flexibility index (Phi) is 4.56. The van der Waals surface area contributed by atoms with E-state index >= 15 is 0 Å². The Morgan fingerprint density at radius 3 is 2.26 bits per heavy atom. The number of benzene rings is 2. The predicted octanol–water partition coefficient (Wildman–Crippen LogP) is 2.34. The van der Waals surface area contributed by atoms with Gasteiger partial charge in [0.05, 0.1) is 11.1 Å². The number of carboxylic acids is 1. The number of rotatable bonds is 4. The zero-order valence-electron chi connectivity index (χ0n) is 13.8. The Bertz CT molecular complexity index is 1150. The first-order chi connectivity index (χ1) is 12.9. The van der Waals surface area contributed by atoms with E-state index in [1.807, 2.05) is 0 Å². The van der Waals surface area contributed by atoms with Crippen molar-refractivity contribution < 1.29 is 19.8 Å². The Hall–Kier alpha value is -4.18. The quantitative estimate of drug-likeness (QED) is 0.689. The summed E-state index contributed by atoms with van der Waals surface area (Å²) in [6.45, 7) is 0. The minimum atomic E-state index is -1.12. The standard InChI is InChI=1S/C20H12N2O5/c21-10-13-9-14(18(24)16-3-1-2-4-17(16)23)11-22(19(13)25)15-7-5-12(6-8-15)20(26)27/h1-9,11,23H,(H,26,27). The van der Waals surface area contributed by atoms with Crippen LogP contribution in [0.1, 0.15) is 31.8 Å². The fourth-order valence-electron chi connectivity index (χ4n) is 2.56. The molecule has 2 aromatic carbocycles. The Balaban J connectivity index is 2.16. The average Bonchev–Trinajstić information content (AvgIpc) is 2.68. The average molecular weight is 360 g/mol. The van der Waals surface area contributed by atoms with Crippen LogP contribution in [0.4, 0.5) is 0 Å². The molecule has 3 rings (SSSR count). The highest BCUT2D eigenvalue weighted by molar-refractivity contribution is 6.10. The van der Waals surface area contributed by atoms with Crippen LogP contribution >= 0.6 is 0 Å². The Morgan fingerprint density at radius 2 is 1.67 bits per heavy atom. The number of aromatic hydroxyl groups is 1. The molecule has 132 valence electrons. The molecular formula is C20H12N2O5. The van der Waals surface area contributed by atoms with Crippen molar-refractivity contribution in [1.29, 1.82) is 5.26 Å². The molecule has 0 aliphatic heterocycles. The molecule has 27 heavy (non-hydrogen) atoms. The van der Waals surface area contributed by atoms with Gasteiger partial charge in [0.15, 0.2) is 5.78 Å². The number of nitriles is 1. The largest absolute Gasteiger partial charge is 0.507 e. The second kappa shape index (κ2) is 6.98. The van der Waals surface area contributed by atoms with Crippen LogP contribution in [-0.4, -0.2) is 26.5 Å². The van der Waals surface area contributed by atoms with Crippen LogP contribution in [0.15, 0.2) is 65.6 Å². The fourth-order valence-corrected chi connectivity index (χ4v) is 2.56. The molecular weight excluding hydrogens is 348 g/mol. The van der Waals surface area contributed by atoms with E-state index in [1.54, 1.807) is 18.2 Å². The number of ketones is 1. The third-order valence-electron chi connectivity index (χ3n) is 3.94. The summed E-state index contributed by atoms with van der Waals surface area (Å²) >= 11 is 0. The summed E-state index contributed by atoms with van der Waals surface area (Å²) < 4.78 is 1.09. The maximum Gasteiger partial charge on any atom is 0.335 e. The van der Waals surface area contributed by atoms with Gasteiger partial charge < -0.3 is 10.2 Å². The highest BCUT2D eigenvalue weighted by Gasteiger charge is 2.17. The summed E-state index contributed by atoms with van der Waals surface area (Å²) in [5.41, 5.74) is -0.488. The highest BCUT2D eigenvalue weighted by Crippen LogP contribution is 2.20. The summed E-state index contributed by atoms with van der Waals surface area (Å²) in [6, 6.07) is 14.3. The molecule has 3 aromatic rings. The van der Waals surface area contributed by atoms with Crippen molar-refractivity contribution in [3.8, 4) is 17.5 Å². The number of hydrogen-bond acceptors (Lipinski definition) is 5. The van der Waals surface area contributed by atoms with Gasteiger partial charge in [-0.1, -0.05) is 12.1 Å². The summed E-state index contributed by atoms with van der Waals surface area (Å²) in [5.74, 6) is -1.89. The number of hydrogen-bond donors (Lipinski definition) is 2. The number of pyridine rings is 1. The van der Waals surface area contributed by atoms with E-state index in [-0.39, 0.29) is 28.0 Å². The molecule has 1 heterocycles. The van der Waals surface area contributed by atoms with Gasteiger partial charge in [-0.3, -0.25) is 14.2 Å². The van der Waals surface area contributed by atoms with Gasteiger partial charge in [-0.2, -0.15) is 5.26 Å². The van der Waals surface area contributed by atoms with E-state index in [0.29, 0.717) is 5.69 Å². The fraction of sp³-hybridized carbons (Fsp3) is 0. The van der Waals surface area contributed by atoms with Crippen molar-refractivity contribution >= 4 is 11.8 Å². The van der Waals surface area contributed by atoms with Crippen LogP contribution in [0, 0.1) is 11.3 Å². The number of phenols is 1. The zero-order chi connectivity index (χ0) is 19.6. The van der Waals surface area contributed by atoms with Crippen molar-refractivity contribution in [3.63, 3.8) is 0 Å². The maximum atomic E-state index is 12.7. The second-order valence-electron chi connectivity index (χ2n) is 5.63. The van der Waals surface area contributed by atoms with Gasteiger partial charge in [0.2, 0.25) is 0 Å². The molecule has 0 spiro atoms. The van der Waals surface area contributed by atoms with E-state index in [9.17, 15) is 24.8 Å². The van der Waals surface area contributed by atoms with Gasteiger partial charge in [0, 0.05) is 17.4 Å². The first-order valence-corrected chi connectivity index (χ1v) is 7.75. The number of carbonyl (C=O) groups excluding carboxylic acids is 1. The van der Waals surface area contributed by atoms with Crippen LogP contribution in [0.2, 0.25) is 0 Å². The smallest absolute Gasteiger partial charge is 0.335 e. The van der Waals surface area contributed by atoms with E-state index in [0.717, 1.165) is 4.57 Å².